The fourth-order valence-electron chi connectivity index (χ4n) is 2.24. The third-order valence-electron chi connectivity index (χ3n) is 3.01. The third kappa shape index (κ3) is 1.95. The van der Waals surface area contributed by atoms with E-state index in [1.807, 2.05) is 11.7 Å². The Hall–Kier alpha value is -0.900. The zero-order valence-corrected chi connectivity index (χ0v) is 8.56. The van der Waals surface area contributed by atoms with Gasteiger partial charge >= 0.3 is 0 Å². The maximum absolute atomic E-state index is 9.69. The van der Waals surface area contributed by atoms with E-state index in [4.69, 9.17) is 0 Å². The lowest BCUT2D eigenvalue weighted by Crippen LogP contribution is -2.13. The summed E-state index contributed by atoms with van der Waals surface area (Å²) in [6, 6.07) is 0. The molecule has 0 aliphatic heterocycles. The molecule has 1 aliphatic carbocycles. The molecule has 1 heterocycles. The van der Waals surface area contributed by atoms with Crippen LogP contribution < -0.4 is 0 Å². The van der Waals surface area contributed by atoms with Crippen molar-refractivity contribution in [2.45, 2.75) is 44.1 Å². The average molecular weight is 195 g/mol. The summed E-state index contributed by atoms with van der Waals surface area (Å²) < 4.78 is 1.82. The first kappa shape index (κ1) is 9.65. The molecule has 2 rings (SSSR count). The van der Waals surface area contributed by atoms with Gasteiger partial charge in [0.2, 0.25) is 0 Å². The zero-order chi connectivity index (χ0) is 9.97. The van der Waals surface area contributed by atoms with Crippen molar-refractivity contribution in [2.75, 3.05) is 0 Å². The zero-order valence-electron chi connectivity index (χ0n) is 8.56. The molecule has 1 fully saturated rings. The van der Waals surface area contributed by atoms with Crippen molar-refractivity contribution in [3.63, 3.8) is 0 Å². The van der Waals surface area contributed by atoms with Gasteiger partial charge in [-0.3, -0.25) is 4.68 Å². The highest BCUT2D eigenvalue weighted by Crippen LogP contribution is 2.30. The van der Waals surface area contributed by atoms with Crippen molar-refractivity contribution in [3.8, 4) is 0 Å². The normalized spacial score (nSPS) is 28.7. The van der Waals surface area contributed by atoms with Crippen LogP contribution in [-0.2, 0) is 7.05 Å². The summed E-state index contributed by atoms with van der Waals surface area (Å²) >= 11 is 0. The fourth-order valence-corrected chi connectivity index (χ4v) is 2.24. The fraction of sp³-hybridized carbons (Fsp3) is 0.800. The molecule has 14 heavy (non-hydrogen) atoms. The van der Waals surface area contributed by atoms with E-state index in [0.29, 0.717) is 5.92 Å². The van der Waals surface area contributed by atoms with Crippen LogP contribution in [0.25, 0.3) is 0 Å². The number of aromatic nitrogens is 3. The van der Waals surface area contributed by atoms with Crippen LogP contribution in [0.2, 0.25) is 0 Å². The Morgan fingerprint density at radius 1 is 1.43 bits per heavy atom. The van der Waals surface area contributed by atoms with Crippen LogP contribution in [-0.4, -0.2) is 26.0 Å². The van der Waals surface area contributed by atoms with Crippen molar-refractivity contribution >= 4 is 0 Å². The molecule has 1 aromatic rings. The minimum absolute atomic E-state index is 0.154. The van der Waals surface area contributed by atoms with Crippen molar-refractivity contribution in [1.29, 1.82) is 0 Å². The Labute approximate surface area is 84.0 Å². The first-order chi connectivity index (χ1) is 6.77. The van der Waals surface area contributed by atoms with Gasteiger partial charge in [-0.1, -0.05) is 12.8 Å². The quantitative estimate of drug-likeness (QED) is 0.685. The number of hydrogen-bond donors (Lipinski definition) is 1. The summed E-state index contributed by atoms with van der Waals surface area (Å²) in [5, 5.41) is 13.8. The van der Waals surface area contributed by atoms with Crippen LogP contribution in [0.15, 0.2) is 6.33 Å². The second-order valence-corrected chi connectivity index (χ2v) is 4.11. The second-order valence-electron chi connectivity index (χ2n) is 4.11. The summed E-state index contributed by atoms with van der Waals surface area (Å²) in [5.41, 5.74) is 0. The Morgan fingerprint density at radius 2 is 2.21 bits per heavy atom. The molecular weight excluding hydrogens is 178 g/mol. The highest BCUT2D eigenvalue weighted by Gasteiger charge is 2.22. The number of hydrogen-bond acceptors (Lipinski definition) is 3. The molecule has 0 radical (unpaired) electrons. The number of rotatable bonds is 1. The standard InChI is InChI=1S/C10H17N3O/c1-13-10(11-7-12-13)8-4-2-3-5-9(14)6-8/h7-9,14H,2-6H2,1H3. The molecule has 4 nitrogen and oxygen atoms in total. The monoisotopic (exact) mass is 195 g/mol. The molecule has 78 valence electrons. The number of aliphatic hydroxyl groups excluding tert-OH is 1. The maximum atomic E-state index is 9.69. The van der Waals surface area contributed by atoms with E-state index >= 15 is 0 Å². The molecule has 1 aromatic heterocycles. The van der Waals surface area contributed by atoms with Crippen LogP contribution >= 0.6 is 0 Å². The molecular formula is C10H17N3O. The minimum Gasteiger partial charge on any atom is -0.393 e. The van der Waals surface area contributed by atoms with Gasteiger partial charge in [0.1, 0.15) is 12.2 Å². The molecule has 1 saturated carbocycles. The molecule has 2 atom stereocenters. The molecule has 0 amide bonds. The van der Waals surface area contributed by atoms with Gasteiger partial charge in [-0.05, 0) is 19.3 Å². The molecule has 0 spiro atoms. The number of nitrogens with zero attached hydrogens (tertiary/aromatic N) is 3. The van der Waals surface area contributed by atoms with E-state index in [9.17, 15) is 5.11 Å². The summed E-state index contributed by atoms with van der Waals surface area (Å²) in [6.45, 7) is 0. The smallest absolute Gasteiger partial charge is 0.138 e. The SMILES string of the molecule is Cn1ncnc1C1CCCCC(O)C1. The summed E-state index contributed by atoms with van der Waals surface area (Å²) in [5.74, 6) is 1.41. The Kier molecular flexibility index (Phi) is 2.82. The van der Waals surface area contributed by atoms with Gasteiger partial charge in [-0.25, -0.2) is 4.98 Å². The lowest BCUT2D eigenvalue weighted by molar-refractivity contribution is 0.150. The van der Waals surface area contributed by atoms with Crippen molar-refractivity contribution < 1.29 is 5.11 Å². The third-order valence-corrected chi connectivity index (χ3v) is 3.01. The maximum Gasteiger partial charge on any atom is 0.138 e. The second kappa shape index (κ2) is 4.09. The first-order valence-corrected chi connectivity index (χ1v) is 5.29. The van der Waals surface area contributed by atoms with Gasteiger partial charge < -0.3 is 5.11 Å². The van der Waals surface area contributed by atoms with Crippen LogP contribution in [0.3, 0.4) is 0 Å². The minimum atomic E-state index is -0.154. The Morgan fingerprint density at radius 3 is 2.93 bits per heavy atom. The lowest BCUT2D eigenvalue weighted by Gasteiger charge is -2.14. The van der Waals surface area contributed by atoms with Gasteiger partial charge in [-0.15, -0.1) is 0 Å². The summed E-state index contributed by atoms with van der Waals surface area (Å²) in [6.07, 6.45) is 6.67. The van der Waals surface area contributed by atoms with Crippen molar-refractivity contribution in [1.82, 2.24) is 14.8 Å². The van der Waals surface area contributed by atoms with Crippen LogP contribution in [0.1, 0.15) is 43.8 Å². The largest absolute Gasteiger partial charge is 0.393 e. The lowest BCUT2D eigenvalue weighted by atomic mass is 9.98. The Bertz CT molecular complexity index is 297. The highest BCUT2D eigenvalue weighted by atomic mass is 16.3. The number of aliphatic hydroxyl groups is 1. The van der Waals surface area contributed by atoms with Crippen molar-refractivity contribution in [3.05, 3.63) is 12.2 Å². The van der Waals surface area contributed by atoms with Crippen molar-refractivity contribution in [2.24, 2.45) is 7.05 Å². The molecule has 0 aromatic carbocycles. The van der Waals surface area contributed by atoms with Gasteiger partial charge in [0.25, 0.3) is 0 Å². The van der Waals surface area contributed by atoms with Crippen LogP contribution in [0, 0.1) is 0 Å². The molecule has 0 saturated heterocycles. The molecule has 0 bridgehead atoms. The molecule has 2 unspecified atom stereocenters. The van der Waals surface area contributed by atoms with Gasteiger partial charge in [-0.2, -0.15) is 5.10 Å². The van der Waals surface area contributed by atoms with E-state index < -0.39 is 0 Å². The van der Waals surface area contributed by atoms with Gasteiger partial charge in [0.05, 0.1) is 6.10 Å². The Balaban J connectivity index is 2.13. The van der Waals surface area contributed by atoms with Gasteiger partial charge in [0, 0.05) is 13.0 Å². The summed E-state index contributed by atoms with van der Waals surface area (Å²) in [7, 11) is 1.92. The van der Waals surface area contributed by atoms with E-state index in [-0.39, 0.29) is 6.10 Å². The highest BCUT2D eigenvalue weighted by molar-refractivity contribution is 4.97. The van der Waals surface area contributed by atoms with E-state index in [1.165, 1.54) is 6.42 Å². The number of aryl methyl sites for hydroxylation is 1. The molecule has 1 aliphatic rings. The van der Waals surface area contributed by atoms with E-state index in [0.717, 1.165) is 31.5 Å². The van der Waals surface area contributed by atoms with E-state index in [2.05, 4.69) is 10.1 Å². The van der Waals surface area contributed by atoms with Gasteiger partial charge in [0.15, 0.2) is 0 Å². The average Bonchev–Trinajstić information content (AvgIpc) is 2.45. The predicted molar refractivity (Wildman–Crippen MR) is 52.8 cm³/mol. The first-order valence-electron chi connectivity index (χ1n) is 5.29. The molecule has 1 N–H and O–H groups in total. The van der Waals surface area contributed by atoms with Crippen LogP contribution in [0.5, 0.6) is 0 Å². The summed E-state index contributed by atoms with van der Waals surface area (Å²) in [4.78, 5) is 4.26. The molecule has 4 heteroatoms. The predicted octanol–water partition coefficient (Wildman–Crippen LogP) is 1.22. The topological polar surface area (TPSA) is 50.9 Å². The van der Waals surface area contributed by atoms with E-state index in [1.54, 1.807) is 6.33 Å². The van der Waals surface area contributed by atoms with Crippen LogP contribution in [0.4, 0.5) is 0 Å².